The van der Waals surface area contributed by atoms with E-state index < -0.39 is 21.7 Å². The van der Waals surface area contributed by atoms with Gasteiger partial charge in [0.15, 0.2) is 17.5 Å². The van der Waals surface area contributed by atoms with Gasteiger partial charge in [-0.3, -0.25) is 0 Å². The first-order chi connectivity index (χ1) is 14.3. The van der Waals surface area contributed by atoms with Crippen molar-refractivity contribution in [3.63, 3.8) is 0 Å². The van der Waals surface area contributed by atoms with E-state index in [-0.39, 0.29) is 4.90 Å². The zero-order valence-electron chi connectivity index (χ0n) is 16.3. The molecule has 4 rings (SSSR count). The van der Waals surface area contributed by atoms with E-state index in [0.717, 1.165) is 25.0 Å². The number of benzene rings is 2. The maximum Gasteiger partial charge on any atom is 0.243 e. The molecular weight excluding hydrogens is 410 g/mol. The highest BCUT2D eigenvalue weighted by Gasteiger charge is 2.28. The SMILES string of the molecule is Cc1ccc(-c2ccc(Nc3ccc(F)c(F)c3)nn2)cc1S(=O)(=O)N1CCCC1. The van der Waals surface area contributed by atoms with E-state index in [0.29, 0.717) is 41.4 Å². The second-order valence-corrected chi connectivity index (χ2v) is 9.06. The summed E-state index contributed by atoms with van der Waals surface area (Å²) in [6.07, 6.45) is 1.74. The number of halogens is 2. The minimum atomic E-state index is -3.55. The quantitative estimate of drug-likeness (QED) is 0.655. The average molecular weight is 430 g/mol. The predicted molar refractivity (Wildman–Crippen MR) is 110 cm³/mol. The van der Waals surface area contributed by atoms with Gasteiger partial charge in [-0.15, -0.1) is 10.2 Å². The summed E-state index contributed by atoms with van der Waals surface area (Å²) >= 11 is 0. The lowest BCUT2D eigenvalue weighted by molar-refractivity contribution is 0.477. The summed E-state index contributed by atoms with van der Waals surface area (Å²) in [7, 11) is -3.55. The number of nitrogens with one attached hydrogen (secondary N) is 1. The van der Waals surface area contributed by atoms with E-state index in [1.807, 2.05) is 0 Å². The summed E-state index contributed by atoms with van der Waals surface area (Å²) in [5.74, 6) is -1.54. The summed E-state index contributed by atoms with van der Waals surface area (Å²) in [5.41, 5.74) is 2.15. The van der Waals surface area contributed by atoms with E-state index in [2.05, 4.69) is 15.5 Å². The van der Waals surface area contributed by atoms with Crippen molar-refractivity contribution in [2.75, 3.05) is 18.4 Å². The summed E-state index contributed by atoms with van der Waals surface area (Å²) in [4.78, 5) is 0.271. The Labute approximate surface area is 173 Å². The first-order valence-corrected chi connectivity index (χ1v) is 11.0. The lowest BCUT2D eigenvalue weighted by Gasteiger charge is -2.17. The fourth-order valence-corrected chi connectivity index (χ4v) is 5.15. The molecule has 2 aromatic carbocycles. The number of aryl methyl sites for hydroxylation is 1. The Balaban J connectivity index is 1.59. The Morgan fingerprint density at radius 1 is 0.933 bits per heavy atom. The lowest BCUT2D eigenvalue weighted by atomic mass is 10.1. The highest BCUT2D eigenvalue weighted by atomic mass is 32.2. The molecule has 156 valence electrons. The van der Waals surface area contributed by atoms with Crippen molar-refractivity contribution in [2.45, 2.75) is 24.7 Å². The van der Waals surface area contributed by atoms with Crippen LogP contribution in [0.25, 0.3) is 11.3 Å². The highest BCUT2D eigenvalue weighted by Crippen LogP contribution is 2.28. The van der Waals surface area contributed by atoms with Crippen molar-refractivity contribution < 1.29 is 17.2 Å². The molecule has 0 bridgehead atoms. The Morgan fingerprint density at radius 3 is 2.37 bits per heavy atom. The molecule has 30 heavy (non-hydrogen) atoms. The van der Waals surface area contributed by atoms with Crippen LogP contribution in [0.5, 0.6) is 0 Å². The first-order valence-electron chi connectivity index (χ1n) is 9.51. The monoisotopic (exact) mass is 430 g/mol. The Kier molecular flexibility index (Phi) is 5.48. The Bertz CT molecular complexity index is 1180. The number of hydrogen-bond donors (Lipinski definition) is 1. The van der Waals surface area contributed by atoms with Crippen molar-refractivity contribution in [1.29, 1.82) is 0 Å². The van der Waals surface area contributed by atoms with E-state index in [1.54, 1.807) is 37.3 Å². The lowest BCUT2D eigenvalue weighted by Crippen LogP contribution is -2.28. The van der Waals surface area contributed by atoms with Crippen LogP contribution in [0, 0.1) is 18.6 Å². The zero-order valence-corrected chi connectivity index (χ0v) is 17.1. The van der Waals surface area contributed by atoms with Gasteiger partial charge < -0.3 is 5.32 Å². The van der Waals surface area contributed by atoms with Gasteiger partial charge in [0.1, 0.15) is 0 Å². The third-order valence-corrected chi connectivity index (χ3v) is 7.06. The fourth-order valence-electron chi connectivity index (χ4n) is 3.38. The third kappa shape index (κ3) is 4.03. The molecule has 1 aliphatic heterocycles. The van der Waals surface area contributed by atoms with Gasteiger partial charge in [0.05, 0.1) is 10.6 Å². The maximum atomic E-state index is 13.3. The molecule has 0 saturated carbocycles. The molecular formula is C21H20F2N4O2S. The van der Waals surface area contributed by atoms with Crippen molar-refractivity contribution in [2.24, 2.45) is 0 Å². The van der Waals surface area contributed by atoms with Crippen molar-refractivity contribution in [1.82, 2.24) is 14.5 Å². The van der Waals surface area contributed by atoms with Gasteiger partial charge in [-0.05, 0) is 55.7 Å². The van der Waals surface area contributed by atoms with Gasteiger partial charge in [-0.25, -0.2) is 17.2 Å². The minimum absolute atomic E-state index is 0.271. The molecule has 1 saturated heterocycles. The fraction of sp³-hybridized carbons (Fsp3) is 0.238. The molecule has 3 aromatic rings. The predicted octanol–water partition coefficient (Wildman–Crippen LogP) is 4.26. The second-order valence-electron chi connectivity index (χ2n) is 7.15. The Hall–Kier alpha value is -2.91. The van der Waals surface area contributed by atoms with Gasteiger partial charge in [-0.1, -0.05) is 12.1 Å². The molecule has 1 N–H and O–H groups in total. The average Bonchev–Trinajstić information content (AvgIpc) is 3.28. The zero-order chi connectivity index (χ0) is 21.3. The van der Waals surface area contributed by atoms with Gasteiger partial charge in [0.2, 0.25) is 10.0 Å². The standard InChI is InChI=1S/C21H20F2N4O2S/c1-14-4-5-15(12-20(14)30(28,29)27-10-2-3-11-27)19-8-9-21(26-25-19)24-16-6-7-17(22)18(23)13-16/h4-9,12-13H,2-3,10-11H2,1H3,(H,24,26). The summed E-state index contributed by atoms with van der Waals surface area (Å²) in [6, 6.07) is 11.9. The molecule has 1 aromatic heterocycles. The number of hydrogen-bond acceptors (Lipinski definition) is 5. The summed E-state index contributed by atoms with van der Waals surface area (Å²) in [5, 5.41) is 11.1. The number of anilines is 2. The summed E-state index contributed by atoms with van der Waals surface area (Å²) < 4.78 is 53.8. The molecule has 0 spiro atoms. The van der Waals surface area contributed by atoms with Crippen LogP contribution < -0.4 is 5.32 Å². The molecule has 0 amide bonds. The molecule has 0 unspecified atom stereocenters. The number of aromatic nitrogens is 2. The van der Waals surface area contributed by atoms with Crippen LogP contribution in [0.3, 0.4) is 0 Å². The van der Waals surface area contributed by atoms with Gasteiger partial charge in [0.25, 0.3) is 0 Å². The van der Waals surface area contributed by atoms with Gasteiger partial charge in [0, 0.05) is 30.4 Å². The van der Waals surface area contributed by atoms with Gasteiger partial charge in [-0.2, -0.15) is 4.31 Å². The highest BCUT2D eigenvalue weighted by molar-refractivity contribution is 7.89. The van der Waals surface area contributed by atoms with Crippen molar-refractivity contribution >= 4 is 21.5 Å². The third-order valence-electron chi connectivity index (χ3n) is 5.02. The van der Waals surface area contributed by atoms with Crippen molar-refractivity contribution in [3.05, 3.63) is 65.7 Å². The molecule has 0 aliphatic carbocycles. The van der Waals surface area contributed by atoms with Crippen LogP contribution in [0.4, 0.5) is 20.3 Å². The minimum Gasteiger partial charge on any atom is -0.339 e. The molecule has 0 atom stereocenters. The van der Waals surface area contributed by atoms with Crippen LogP contribution in [0.15, 0.2) is 53.4 Å². The first kappa shape index (κ1) is 20.4. The van der Waals surface area contributed by atoms with E-state index in [9.17, 15) is 17.2 Å². The van der Waals surface area contributed by atoms with E-state index in [1.165, 1.54) is 10.4 Å². The Morgan fingerprint density at radius 2 is 1.70 bits per heavy atom. The smallest absolute Gasteiger partial charge is 0.243 e. The van der Waals surface area contributed by atoms with E-state index >= 15 is 0 Å². The van der Waals surface area contributed by atoms with Crippen LogP contribution in [0.1, 0.15) is 18.4 Å². The number of nitrogens with zero attached hydrogens (tertiary/aromatic N) is 3. The largest absolute Gasteiger partial charge is 0.339 e. The van der Waals surface area contributed by atoms with Crippen molar-refractivity contribution in [3.8, 4) is 11.3 Å². The van der Waals surface area contributed by atoms with Gasteiger partial charge >= 0.3 is 0 Å². The van der Waals surface area contributed by atoms with Crippen LogP contribution >= 0.6 is 0 Å². The second kappa shape index (κ2) is 8.08. The molecule has 9 heteroatoms. The molecule has 1 aliphatic rings. The number of sulfonamides is 1. The molecule has 1 fully saturated rings. The normalized spacial score (nSPS) is 14.8. The summed E-state index contributed by atoms with van der Waals surface area (Å²) in [6.45, 7) is 2.85. The van der Waals surface area contributed by atoms with Crippen LogP contribution in [-0.4, -0.2) is 36.0 Å². The molecule has 0 radical (unpaired) electrons. The van der Waals surface area contributed by atoms with E-state index in [4.69, 9.17) is 0 Å². The van der Waals surface area contributed by atoms with Crippen LogP contribution in [-0.2, 0) is 10.0 Å². The van der Waals surface area contributed by atoms with Crippen LogP contribution in [0.2, 0.25) is 0 Å². The number of rotatable bonds is 5. The topological polar surface area (TPSA) is 75.2 Å². The molecule has 2 heterocycles. The maximum absolute atomic E-state index is 13.3. The molecule has 6 nitrogen and oxygen atoms in total.